The summed E-state index contributed by atoms with van der Waals surface area (Å²) in [7, 11) is 0. The van der Waals surface area contributed by atoms with Gasteiger partial charge in [0.15, 0.2) is 5.82 Å². The Morgan fingerprint density at radius 3 is 2.41 bits per heavy atom. The molecule has 0 aliphatic rings. The molecule has 0 aliphatic carbocycles. The highest BCUT2D eigenvalue weighted by Gasteiger charge is 2.20. The van der Waals surface area contributed by atoms with E-state index in [0.29, 0.717) is 48.3 Å². The molecule has 0 bridgehead atoms. The number of fused-ring (bicyclic) bond motifs is 1. The Bertz CT molecular complexity index is 2110. The number of halogens is 4. The standard InChI is InChI=1S/C30H18BrCl3N6O4/c31-17-8-10-24-19(13-17)29(41)39(30-38-26(15-44-30)35-25-11-9-18(40(42)43)14-22(25)34)27(36-24)12-16-4-1-2-7-23(16)37-28-20(32)5-3-6-21(28)33/h1-11,13-15,35,37H,12H2. The topological polar surface area (TPSA) is 128 Å². The van der Waals surface area contributed by atoms with Crippen LogP contribution in [0.25, 0.3) is 16.9 Å². The fraction of sp³-hybridized carbons (Fsp3) is 0.0333. The molecule has 14 heteroatoms. The summed E-state index contributed by atoms with van der Waals surface area (Å²) in [4.78, 5) is 33.8. The molecule has 6 aromatic rings. The van der Waals surface area contributed by atoms with Gasteiger partial charge in [-0.3, -0.25) is 14.9 Å². The van der Waals surface area contributed by atoms with Crippen molar-refractivity contribution in [3.8, 4) is 6.01 Å². The molecular formula is C30H18BrCl3N6O4. The molecule has 0 amide bonds. The van der Waals surface area contributed by atoms with E-state index in [2.05, 4.69) is 31.5 Å². The molecule has 0 saturated heterocycles. The predicted molar refractivity (Wildman–Crippen MR) is 175 cm³/mol. The van der Waals surface area contributed by atoms with Crippen LogP contribution in [0.15, 0.2) is 98.8 Å². The molecule has 0 fully saturated rings. The Hall–Kier alpha value is -4.42. The number of nitrogens with zero attached hydrogens (tertiary/aromatic N) is 4. The van der Waals surface area contributed by atoms with Crippen LogP contribution < -0.4 is 16.2 Å². The van der Waals surface area contributed by atoms with Crippen LogP contribution in [0.4, 0.5) is 28.6 Å². The van der Waals surface area contributed by atoms with Crippen molar-refractivity contribution in [3.63, 3.8) is 0 Å². The van der Waals surface area contributed by atoms with Crippen molar-refractivity contribution >= 4 is 90.2 Å². The first-order valence-electron chi connectivity index (χ1n) is 12.8. The van der Waals surface area contributed by atoms with Crippen LogP contribution in [0.3, 0.4) is 0 Å². The van der Waals surface area contributed by atoms with Gasteiger partial charge < -0.3 is 15.1 Å². The Morgan fingerprint density at radius 2 is 1.66 bits per heavy atom. The predicted octanol–water partition coefficient (Wildman–Crippen LogP) is 9.08. The molecule has 0 radical (unpaired) electrons. The fourth-order valence-corrected chi connectivity index (χ4v) is 5.59. The van der Waals surface area contributed by atoms with E-state index in [0.717, 1.165) is 5.56 Å². The highest BCUT2D eigenvalue weighted by molar-refractivity contribution is 9.10. The third-order valence-electron chi connectivity index (χ3n) is 6.60. The molecule has 10 nitrogen and oxygen atoms in total. The lowest BCUT2D eigenvalue weighted by molar-refractivity contribution is -0.384. The number of nitrogens with one attached hydrogen (secondary N) is 2. The fourth-order valence-electron chi connectivity index (χ4n) is 4.52. The van der Waals surface area contributed by atoms with Crippen LogP contribution in [0, 0.1) is 10.1 Å². The third-order valence-corrected chi connectivity index (χ3v) is 8.03. The molecule has 0 saturated carbocycles. The summed E-state index contributed by atoms with van der Waals surface area (Å²) < 4.78 is 7.76. The second-order valence-electron chi connectivity index (χ2n) is 9.45. The van der Waals surface area contributed by atoms with E-state index in [-0.39, 0.29) is 29.0 Å². The number of hydrogen-bond acceptors (Lipinski definition) is 8. The number of anilines is 4. The van der Waals surface area contributed by atoms with Gasteiger partial charge in [0, 0.05) is 28.7 Å². The number of aromatic nitrogens is 3. The molecule has 0 aliphatic heterocycles. The average molecular weight is 713 g/mol. The molecule has 4 aromatic carbocycles. The summed E-state index contributed by atoms with van der Waals surface area (Å²) in [5.41, 5.74) is 2.36. The van der Waals surface area contributed by atoms with Gasteiger partial charge in [0.05, 0.1) is 42.3 Å². The zero-order chi connectivity index (χ0) is 31.0. The number of non-ortho nitro benzene ring substituents is 1. The lowest BCUT2D eigenvalue weighted by Crippen LogP contribution is -2.24. The van der Waals surface area contributed by atoms with E-state index in [4.69, 9.17) is 44.2 Å². The quantitative estimate of drug-likeness (QED) is 0.118. The maximum absolute atomic E-state index is 13.9. The van der Waals surface area contributed by atoms with E-state index in [1.807, 2.05) is 24.3 Å². The van der Waals surface area contributed by atoms with Crippen molar-refractivity contribution in [2.45, 2.75) is 6.42 Å². The second kappa shape index (κ2) is 12.3. The molecule has 220 valence electrons. The van der Waals surface area contributed by atoms with Crippen LogP contribution in [0.1, 0.15) is 11.4 Å². The number of benzene rings is 4. The van der Waals surface area contributed by atoms with Crippen molar-refractivity contribution in [1.82, 2.24) is 14.5 Å². The van der Waals surface area contributed by atoms with Crippen LogP contribution >= 0.6 is 50.7 Å². The SMILES string of the molecule is O=c1c2cc(Br)ccc2nc(Cc2ccccc2Nc2c(Cl)cccc2Cl)n1-c1nc(Nc2ccc([N+](=O)[O-])cc2Cl)co1. The summed E-state index contributed by atoms with van der Waals surface area (Å²) in [6.07, 6.45) is 1.51. The molecule has 6 rings (SSSR count). The van der Waals surface area contributed by atoms with E-state index in [1.54, 1.807) is 36.4 Å². The van der Waals surface area contributed by atoms with Crippen LogP contribution in [-0.4, -0.2) is 19.5 Å². The number of nitro groups is 1. The highest BCUT2D eigenvalue weighted by atomic mass is 79.9. The maximum atomic E-state index is 13.9. The van der Waals surface area contributed by atoms with Crippen molar-refractivity contribution in [1.29, 1.82) is 0 Å². The molecule has 0 spiro atoms. The zero-order valence-corrected chi connectivity index (χ0v) is 26.1. The van der Waals surface area contributed by atoms with Gasteiger partial charge in [0.2, 0.25) is 0 Å². The van der Waals surface area contributed by atoms with Crippen LogP contribution in [0.5, 0.6) is 0 Å². The third kappa shape index (κ3) is 6.00. The number of rotatable bonds is 8. The zero-order valence-electron chi connectivity index (χ0n) is 22.2. The molecule has 2 aromatic heterocycles. The molecule has 0 unspecified atom stereocenters. The lowest BCUT2D eigenvalue weighted by atomic mass is 10.1. The average Bonchev–Trinajstić information content (AvgIpc) is 3.45. The van der Waals surface area contributed by atoms with Crippen LogP contribution in [0.2, 0.25) is 15.1 Å². The first-order valence-corrected chi connectivity index (χ1v) is 14.8. The molecule has 2 N–H and O–H groups in total. The van der Waals surface area contributed by atoms with Gasteiger partial charge in [-0.2, -0.15) is 4.98 Å². The Labute approximate surface area is 272 Å². The smallest absolute Gasteiger partial charge is 0.312 e. The van der Waals surface area contributed by atoms with Gasteiger partial charge in [0.25, 0.3) is 11.2 Å². The van der Waals surface area contributed by atoms with Crippen molar-refractivity contribution < 1.29 is 9.34 Å². The van der Waals surface area contributed by atoms with Gasteiger partial charge >= 0.3 is 6.01 Å². The Morgan fingerprint density at radius 1 is 0.886 bits per heavy atom. The van der Waals surface area contributed by atoms with Gasteiger partial charge in [-0.05, 0) is 48.0 Å². The van der Waals surface area contributed by atoms with E-state index in [9.17, 15) is 14.9 Å². The highest BCUT2D eigenvalue weighted by Crippen LogP contribution is 2.34. The molecular weight excluding hydrogens is 695 g/mol. The minimum Gasteiger partial charge on any atom is -0.429 e. The van der Waals surface area contributed by atoms with Gasteiger partial charge in [-0.1, -0.05) is 75.0 Å². The van der Waals surface area contributed by atoms with Crippen LogP contribution in [-0.2, 0) is 6.42 Å². The van der Waals surface area contributed by atoms with Crippen molar-refractivity contribution in [2.75, 3.05) is 10.6 Å². The number of nitro benzene ring substituents is 1. The summed E-state index contributed by atoms with van der Waals surface area (Å²) in [6.45, 7) is 0. The molecule has 0 atom stereocenters. The minimum absolute atomic E-state index is 0.0421. The van der Waals surface area contributed by atoms with Gasteiger partial charge in [0.1, 0.15) is 12.1 Å². The van der Waals surface area contributed by atoms with E-state index < -0.39 is 10.5 Å². The van der Waals surface area contributed by atoms with Crippen molar-refractivity contribution in [2.24, 2.45) is 0 Å². The Balaban J connectivity index is 1.42. The minimum atomic E-state index is -0.542. The Kier molecular flexibility index (Phi) is 8.28. The molecule has 44 heavy (non-hydrogen) atoms. The second-order valence-corrected chi connectivity index (χ2v) is 11.6. The largest absolute Gasteiger partial charge is 0.429 e. The summed E-state index contributed by atoms with van der Waals surface area (Å²) in [5.74, 6) is 0.574. The molecule has 2 heterocycles. The van der Waals surface area contributed by atoms with Gasteiger partial charge in [-0.25, -0.2) is 9.55 Å². The van der Waals surface area contributed by atoms with E-state index in [1.165, 1.54) is 29.0 Å². The number of para-hydroxylation sites is 2. The number of hydrogen-bond donors (Lipinski definition) is 2. The first-order chi connectivity index (χ1) is 21.2. The monoisotopic (exact) mass is 710 g/mol. The summed E-state index contributed by atoms with van der Waals surface area (Å²) >= 11 is 22.5. The maximum Gasteiger partial charge on any atom is 0.312 e. The first kappa shape index (κ1) is 29.6. The summed E-state index contributed by atoms with van der Waals surface area (Å²) in [5, 5.41) is 18.7. The van der Waals surface area contributed by atoms with Gasteiger partial charge in [-0.15, -0.1) is 0 Å². The van der Waals surface area contributed by atoms with Crippen molar-refractivity contribution in [3.05, 3.63) is 137 Å². The van der Waals surface area contributed by atoms with E-state index >= 15 is 0 Å². The number of oxazole rings is 1. The normalized spacial score (nSPS) is 11.1. The lowest BCUT2D eigenvalue weighted by Gasteiger charge is -2.16. The summed E-state index contributed by atoms with van der Waals surface area (Å²) in [6, 6.07) is 21.9.